The molecule has 0 radical (unpaired) electrons. The van der Waals surface area contributed by atoms with Crippen LogP contribution in [-0.4, -0.2) is 44.9 Å². The van der Waals surface area contributed by atoms with Crippen LogP contribution in [0.3, 0.4) is 0 Å². The lowest BCUT2D eigenvalue weighted by Crippen LogP contribution is -2.17. The third-order valence-corrected chi connectivity index (χ3v) is 5.31. The van der Waals surface area contributed by atoms with E-state index in [0.29, 0.717) is 30.4 Å². The summed E-state index contributed by atoms with van der Waals surface area (Å²) in [4.78, 5) is 10.6. The van der Waals surface area contributed by atoms with Crippen molar-refractivity contribution in [2.75, 3.05) is 27.4 Å². The second kappa shape index (κ2) is 21.6. The van der Waals surface area contributed by atoms with Crippen molar-refractivity contribution in [3.63, 3.8) is 0 Å². The van der Waals surface area contributed by atoms with E-state index in [1.54, 1.807) is 0 Å². The highest BCUT2D eigenvalue weighted by molar-refractivity contribution is 5.98. The molecule has 5 nitrogen and oxygen atoms in total. The van der Waals surface area contributed by atoms with Gasteiger partial charge in [0.05, 0.1) is 19.0 Å². The molecule has 0 aromatic heterocycles. The fourth-order valence-electron chi connectivity index (χ4n) is 3.37. The monoisotopic (exact) mass is 432 g/mol. The molecule has 0 aromatic rings. The summed E-state index contributed by atoms with van der Waals surface area (Å²) in [6, 6.07) is 2.27. The zero-order valence-corrected chi connectivity index (χ0v) is 20.9. The molecule has 0 spiro atoms. The number of aliphatic imine (C=N–C) groups is 2. The van der Waals surface area contributed by atoms with E-state index < -0.39 is 0 Å². The van der Waals surface area contributed by atoms with E-state index in [1.807, 2.05) is 19.0 Å². The molecule has 0 amide bonds. The first-order chi connectivity index (χ1) is 15.1. The van der Waals surface area contributed by atoms with Gasteiger partial charge in [0.1, 0.15) is 11.6 Å². The number of hydrogen-bond acceptors (Lipinski definition) is 5. The molecule has 0 atom stereocenters. The first-order valence-corrected chi connectivity index (χ1v) is 12.5. The summed E-state index contributed by atoms with van der Waals surface area (Å²) in [5.74, 6) is 0.408. The number of nitriles is 1. The van der Waals surface area contributed by atoms with Crippen molar-refractivity contribution >= 4 is 12.6 Å². The average molecular weight is 433 g/mol. The van der Waals surface area contributed by atoms with Crippen LogP contribution in [0.2, 0.25) is 0 Å². The van der Waals surface area contributed by atoms with Crippen LogP contribution in [0.15, 0.2) is 21.3 Å². The molecule has 0 fully saturated rings. The predicted molar refractivity (Wildman–Crippen MR) is 135 cm³/mol. The Balaban J connectivity index is 4.42. The van der Waals surface area contributed by atoms with Gasteiger partial charge in [-0.25, -0.2) is 4.99 Å². The van der Waals surface area contributed by atoms with Gasteiger partial charge in [0.15, 0.2) is 0 Å². The van der Waals surface area contributed by atoms with Crippen LogP contribution in [0.5, 0.6) is 0 Å². The van der Waals surface area contributed by atoms with E-state index in [0.717, 1.165) is 32.1 Å². The molecule has 0 bridgehead atoms. The van der Waals surface area contributed by atoms with Crippen molar-refractivity contribution in [1.82, 2.24) is 4.90 Å². The van der Waals surface area contributed by atoms with Crippen molar-refractivity contribution in [3.05, 3.63) is 11.3 Å². The van der Waals surface area contributed by atoms with Crippen molar-refractivity contribution in [1.29, 1.82) is 5.26 Å². The SMILES string of the molecule is C=N/C(CCCCCCCCCCCCCC)=C(/C#N)C(=NCN(C)C)OCCCC. The molecule has 178 valence electrons. The van der Waals surface area contributed by atoms with Gasteiger partial charge in [-0.2, -0.15) is 5.26 Å². The Bertz CT molecular complexity index is 546. The van der Waals surface area contributed by atoms with Crippen LogP contribution in [0, 0.1) is 11.3 Å². The molecule has 0 saturated heterocycles. The minimum Gasteiger partial charge on any atom is -0.477 e. The summed E-state index contributed by atoms with van der Waals surface area (Å²) < 4.78 is 5.84. The minimum atomic E-state index is 0.408. The lowest BCUT2D eigenvalue weighted by atomic mass is 10.0. The highest BCUT2D eigenvalue weighted by Crippen LogP contribution is 2.18. The smallest absolute Gasteiger partial charge is 0.230 e. The molecule has 0 aromatic carbocycles. The number of hydrogen-bond donors (Lipinski definition) is 0. The third-order valence-electron chi connectivity index (χ3n) is 5.31. The molecule has 0 heterocycles. The largest absolute Gasteiger partial charge is 0.477 e. The third kappa shape index (κ3) is 16.7. The van der Waals surface area contributed by atoms with Crippen molar-refractivity contribution in [2.24, 2.45) is 9.98 Å². The lowest BCUT2D eigenvalue weighted by molar-refractivity contribution is 0.292. The highest BCUT2D eigenvalue weighted by Gasteiger charge is 2.14. The van der Waals surface area contributed by atoms with E-state index in [4.69, 9.17) is 4.74 Å². The first-order valence-electron chi connectivity index (χ1n) is 12.5. The molecule has 0 aliphatic heterocycles. The lowest BCUT2D eigenvalue weighted by Gasteiger charge is -2.13. The number of rotatable bonds is 20. The molecule has 0 unspecified atom stereocenters. The van der Waals surface area contributed by atoms with E-state index >= 15 is 0 Å². The van der Waals surface area contributed by atoms with Gasteiger partial charge < -0.3 is 4.74 Å². The van der Waals surface area contributed by atoms with Gasteiger partial charge in [0.2, 0.25) is 5.90 Å². The average Bonchev–Trinajstić information content (AvgIpc) is 2.76. The molecule has 5 heteroatoms. The zero-order valence-electron chi connectivity index (χ0n) is 20.9. The van der Waals surface area contributed by atoms with Crippen LogP contribution < -0.4 is 0 Å². The Hall–Kier alpha value is -1.67. The van der Waals surface area contributed by atoms with E-state index in [2.05, 4.69) is 36.6 Å². The fraction of sp³-hybridized carbons (Fsp3) is 0.808. The fourth-order valence-corrected chi connectivity index (χ4v) is 3.37. The van der Waals surface area contributed by atoms with Gasteiger partial charge in [0.25, 0.3) is 0 Å². The summed E-state index contributed by atoms with van der Waals surface area (Å²) >= 11 is 0. The maximum Gasteiger partial charge on any atom is 0.230 e. The van der Waals surface area contributed by atoms with Crippen LogP contribution in [0.25, 0.3) is 0 Å². The number of allylic oxidation sites excluding steroid dienone is 1. The summed E-state index contributed by atoms with van der Waals surface area (Å²) in [5, 5.41) is 9.74. The molecular formula is C26H48N4O. The van der Waals surface area contributed by atoms with Gasteiger partial charge >= 0.3 is 0 Å². The topological polar surface area (TPSA) is 61.0 Å². The quantitative estimate of drug-likeness (QED) is 0.0878. The second-order valence-corrected chi connectivity index (χ2v) is 8.62. The van der Waals surface area contributed by atoms with Crippen LogP contribution in [0.4, 0.5) is 0 Å². The number of unbranched alkanes of at least 4 members (excludes halogenated alkanes) is 12. The molecule has 0 aliphatic carbocycles. The molecule has 0 aliphatic rings. The van der Waals surface area contributed by atoms with Gasteiger partial charge in [-0.1, -0.05) is 90.9 Å². The van der Waals surface area contributed by atoms with Crippen molar-refractivity contribution in [3.8, 4) is 6.07 Å². The molecule has 0 N–H and O–H groups in total. The van der Waals surface area contributed by atoms with Gasteiger partial charge in [-0.3, -0.25) is 9.89 Å². The van der Waals surface area contributed by atoms with Crippen molar-refractivity contribution < 1.29 is 4.74 Å². The Kier molecular flexibility index (Phi) is 20.4. The second-order valence-electron chi connectivity index (χ2n) is 8.62. The molecular weight excluding hydrogens is 384 g/mol. The molecule has 0 saturated carbocycles. The molecule has 0 rings (SSSR count). The van der Waals surface area contributed by atoms with Gasteiger partial charge in [-0.15, -0.1) is 0 Å². The maximum absolute atomic E-state index is 9.74. The summed E-state index contributed by atoms with van der Waals surface area (Å²) in [6.07, 6.45) is 18.5. The van der Waals surface area contributed by atoms with Gasteiger partial charge in [-0.05, 0) is 40.1 Å². The van der Waals surface area contributed by atoms with E-state index in [1.165, 1.54) is 64.2 Å². The standard InChI is InChI=1S/C26H48N4O/c1-6-8-10-11-12-13-14-15-16-17-18-19-20-25(28-3)24(22-27)26(29-23-30(4)5)31-21-9-7-2/h3,6-21,23H2,1-2,4-5H3/b25-24-,29-26?. The minimum absolute atomic E-state index is 0.408. The summed E-state index contributed by atoms with van der Waals surface area (Å²) in [5.41, 5.74) is 1.15. The van der Waals surface area contributed by atoms with E-state index in [-0.39, 0.29) is 0 Å². The van der Waals surface area contributed by atoms with Crippen LogP contribution in [0.1, 0.15) is 110 Å². The molecule has 31 heavy (non-hydrogen) atoms. The zero-order chi connectivity index (χ0) is 23.2. The predicted octanol–water partition coefficient (Wildman–Crippen LogP) is 7.29. The number of ether oxygens (including phenoxy) is 1. The Morgan fingerprint density at radius 1 is 0.839 bits per heavy atom. The summed E-state index contributed by atoms with van der Waals surface area (Å²) in [7, 11) is 3.89. The number of nitrogens with zero attached hydrogens (tertiary/aromatic N) is 4. The maximum atomic E-state index is 9.74. The van der Waals surface area contributed by atoms with Crippen LogP contribution in [-0.2, 0) is 4.74 Å². The Morgan fingerprint density at radius 2 is 1.35 bits per heavy atom. The Morgan fingerprint density at radius 3 is 1.81 bits per heavy atom. The van der Waals surface area contributed by atoms with E-state index in [9.17, 15) is 5.26 Å². The normalized spacial score (nSPS) is 12.6. The summed E-state index contributed by atoms with van der Waals surface area (Å²) in [6.45, 7) is 9.13. The van der Waals surface area contributed by atoms with Crippen molar-refractivity contribution in [2.45, 2.75) is 110 Å². The van der Waals surface area contributed by atoms with Gasteiger partial charge in [0, 0.05) is 0 Å². The Labute approximate surface area is 192 Å². The van der Waals surface area contributed by atoms with Crippen LogP contribution >= 0.6 is 0 Å². The first kappa shape index (κ1) is 29.3. The highest BCUT2D eigenvalue weighted by atomic mass is 16.5.